The van der Waals surface area contributed by atoms with E-state index in [-0.39, 0.29) is 25.8 Å². The average molecular weight is 719 g/mol. The van der Waals surface area contributed by atoms with Crippen molar-refractivity contribution in [2.24, 2.45) is 0 Å². The monoisotopic (exact) mass is 719 g/mol. The highest BCUT2D eigenvalue weighted by Crippen LogP contribution is 2.43. The predicted octanol–water partition coefficient (Wildman–Crippen LogP) is 11.8. The Hall–Kier alpha value is -0.920. The van der Waals surface area contributed by atoms with Crippen molar-refractivity contribution in [3.8, 4) is 0 Å². The van der Waals surface area contributed by atoms with E-state index in [0.29, 0.717) is 17.4 Å². The molecule has 0 amide bonds. The van der Waals surface area contributed by atoms with E-state index < -0.39 is 13.9 Å². The maximum Gasteiger partial charge on any atom is 0.472 e. The van der Waals surface area contributed by atoms with Crippen LogP contribution >= 0.6 is 7.82 Å². The Bertz CT molecular complexity index is 802. The van der Waals surface area contributed by atoms with Gasteiger partial charge in [-0.3, -0.25) is 13.8 Å². The number of esters is 1. The number of ether oxygens (including phenoxy) is 2. The number of likely N-dealkylation sites (N-methyl/N-ethyl adjacent to an activating group) is 1. The molecule has 0 heterocycles. The number of hydrogen-bond acceptors (Lipinski definition) is 6. The molecule has 292 valence electrons. The van der Waals surface area contributed by atoms with Gasteiger partial charge in [-0.05, 0) is 25.3 Å². The first-order valence-corrected chi connectivity index (χ1v) is 22.0. The molecule has 9 heteroatoms. The molecule has 0 spiro atoms. The second kappa shape index (κ2) is 34.2. The molecule has 0 aromatic rings. The minimum Gasteiger partial charge on any atom is -0.498 e. The molecule has 0 aromatic carbocycles. The summed E-state index contributed by atoms with van der Waals surface area (Å²) >= 11 is 0. The van der Waals surface area contributed by atoms with E-state index in [4.69, 9.17) is 18.5 Å². The molecule has 1 N–H and O–H groups in total. The van der Waals surface area contributed by atoms with Gasteiger partial charge in [-0.2, -0.15) is 0 Å². The van der Waals surface area contributed by atoms with Crippen LogP contribution in [0.2, 0.25) is 0 Å². The van der Waals surface area contributed by atoms with E-state index in [0.717, 1.165) is 32.1 Å². The molecule has 0 rings (SSSR count). The summed E-state index contributed by atoms with van der Waals surface area (Å²) in [6.45, 7) is 4.94. The Morgan fingerprint density at radius 2 is 1.06 bits per heavy atom. The Kier molecular flexibility index (Phi) is 33.5. The van der Waals surface area contributed by atoms with Gasteiger partial charge < -0.3 is 18.9 Å². The van der Waals surface area contributed by atoms with E-state index in [9.17, 15) is 14.3 Å². The fraction of sp³-hybridized carbons (Fsp3) is 0.925. The quantitative estimate of drug-likeness (QED) is 0.0223. The Morgan fingerprint density at radius 3 is 1.51 bits per heavy atom. The van der Waals surface area contributed by atoms with Gasteiger partial charge in [-0.25, -0.2) is 4.57 Å². The highest BCUT2D eigenvalue weighted by Gasteiger charge is 2.26. The van der Waals surface area contributed by atoms with Crippen LogP contribution in [0.25, 0.3) is 0 Å². The van der Waals surface area contributed by atoms with Crippen LogP contribution in [0.15, 0.2) is 12.3 Å². The van der Waals surface area contributed by atoms with Crippen LogP contribution in [0.4, 0.5) is 0 Å². The second-order valence-electron chi connectivity index (χ2n) is 15.1. The summed E-state index contributed by atoms with van der Waals surface area (Å²) in [5.41, 5.74) is 0. The van der Waals surface area contributed by atoms with Crippen molar-refractivity contribution in [1.82, 2.24) is 0 Å². The molecule has 1 unspecified atom stereocenters. The van der Waals surface area contributed by atoms with Gasteiger partial charge in [-0.15, -0.1) is 0 Å². The number of unbranched alkanes of at least 4 members (excludes halogenated alkanes) is 24. The number of hydrogen-bond donors (Lipinski definition) is 1. The van der Waals surface area contributed by atoms with Gasteiger partial charge in [0.2, 0.25) is 0 Å². The molecule has 0 aliphatic carbocycles. The summed E-state index contributed by atoms with van der Waals surface area (Å²) in [7, 11) is 1.65. The van der Waals surface area contributed by atoms with Crippen LogP contribution in [-0.2, 0) is 27.9 Å². The number of phosphoric ester groups is 1. The average Bonchev–Trinajstić information content (AvgIpc) is 3.04. The predicted molar refractivity (Wildman–Crippen MR) is 206 cm³/mol. The number of carbonyl (C=O) groups is 1. The van der Waals surface area contributed by atoms with Crippen molar-refractivity contribution in [2.75, 3.05) is 47.5 Å². The molecule has 49 heavy (non-hydrogen) atoms. The van der Waals surface area contributed by atoms with Crippen molar-refractivity contribution < 1.29 is 37.3 Å². The van der Waals surface area contributed by atoms with Crippen molar-refractivity contribution in [3.05, 3.63) is 12.3 Å². The topological polar surface area (TPSA) is 91.3 Å². The third-order valence-corrected chi connectivity index (χ3v) is 9.91. The van der Waals surface area contributed by atoms with E-state index in [2.05, 4.69) is 13.8 Å². The smallest absolute Gasteiger partial charge is 0.472 e. The van der Waals surface area contributed by atoms with Crippen LogP contribution < -0.4 is 0 Å². The highest BCUT2D eigenvalue weighted by molar-refractivity contribution is 7.47. The lowest BCUT2D eigenvalue weighted by molar-refractivity contribution is -0.870. The van der Waals surface area contributed by atoms with Crippen molar-refractivity contribution in [2.45, 2.75) is 193 Å². The minimum absolute atomic E-state index is 0.0537. The molecule has 0 radical (unpaired) electrons. The van der Waals surface area contributed by atoms with Crippen LogP contribution in [0, 0.1) is 0 Å². The fourth-order valence-electron chi connectivity index (χ4n) is 5.69. The van der Waals surface area contributed by atoms with Crippen LogP contribution in [-0.4, -0.2) is 69.0 Å². The lowest BCUT2D eigenvalue weighted by Crippen LogP contribution is -2.37. The fourth-order valence-corrected chi connectivity index (χ4v) is 6.44. The Labute approximate surface area is 303 Å². The van der Waals surface area contributed by atoms with Crippen LogP contribution in [0.1, 0.15) is 187 Å². The summed E-state index contributed by atoms with van der Waals surface area (Å²) in [6.07, 6.45) is 36.1. The third-order valence-electron chi connectivity index (χ3n) is 8.92. The zero-order chi connectivity index (χ0) is 36.3. The van der Waals surface area contributed by atoms with Gasteiger partial charge in [0, 0.05) is 6.42 Å². The zero-order valence-electron chi connectivity index (χ0n) is 32.9. The summed E-state index contributed by atoms with van der Waals surface area (Å²) in [5.74, 6) is -0.334. The molecule has 2 atom stereocenters. The van der Waals surface area contributed by atoms with Crippen LogP contribution in [0.3, 0.4) is 0 Å². The van der Waals surface area contributed by atoms with Crippen LogP contribution in [0.5, 0.6) is 0 Å². The zero-order valence-corrected chi connectivity index (χ0v) is 33.8. The number of rotatable bonds is 38. The van der Waals surface area contributed by atoms with Gasteiger partial charge in [0.1, 0.15) is 19.8 Å². The summed E-state index contributed by atoms with van der Waals surface area (Å²) in [4.78, 5) is 22.8. The van der Waals surface area contributed by atoms with E-state index in [1.807, 2.05) is 27.2 Å². The first kappa shape index (κ1) is 48.1. The minimum atomic E-state index is -4.28. The maximum absolute atomic E-state index is 12.6. The largest absolute Gasteiger partial charge is 0.498 e. The van der Waals surface area contributed by atoms with E-state index in [1.165, 1.54) is 135 Å². The Balaban J connectivity index is 4.31. The number of phosphoric acid groups is 1. The Morgan fingerprint density at radius 1 is 0.633 bits per heavy atom. The van der Waals surface area contributed by atoms with Gasteiger partial charge >= 0.3 is 13.8 Å². The van der Waals surface area contributed by atoms with E-state index >= 15 is 0 Å². The summed E-state index contributed by atoms with van der Waals surface area (Å²) < 4.78 is 34.7. The third kappa shape index (κ3) is 38.1. The van der Waals surface area contributed by atoms with Crippen molar-refractivity contribution >= 4 is 13.8 Å². The number of quaternary nitrogens is 1. The SMILES string of the molecule is CCCCCCCCCCCCCC/C=C/OC[C@H](COP(=O)(O)OCC[N+](C)(C)C)OC(=O)CCCCCCCCCCCCCCC. The van der Waals surface area contributed by atoms with Gasteiger partial charge in [0.25, 0.3) is 0 Å². The molecule has 0 aliphatic heterocycles. The molecular weight excluding hydrogens is 637 g/mol. The first-order chi connectivity index (χ1) is 23.6. The molecule has 0 bridgehead atoms. The van der Waals surface area contributed by atoms with Crippen molar-refractivity contribution in [3.63, 3.8) is 0 Å². The molecule has 0 saturated heterocycles. The molecule has 0 aliphatic rings. The van der Waals surface area contributed by atoms with Gasteiger partial charge in [-0.1, -0.05) is 162 Å². The maximum atomic E-state index is 12.6. The van der Waals surface area contributed by atoms with Crippen molar-refractivity contribution in [1.29, 1.82) is 0 Å². The van der Waals surface area contributed by atoms with Gasteiger partial charge in [0.05, 0.1) is 34.0 Å². The first-order valence-electron chi connectivity index (χ1n) is 20.5. The number of carbonyl (C=O) groups excluding carboxylic acids is 1. The molecule has 0 fully saturated rings. The molecular formula is C40H81NO7P+. The highest BCUT2D eigenvalue weighted by atomic mass is 31.2. The lowest BCUT2D eigenvalue weighted by Gasteiger charge is -2.24. The standard InChI is InChI=1S/C40H80NO7P/c1-6-8-10-12-14-16-18-20-22-24-26-28-30-32-35-45-37-39(38-47-49(43,44)46-36-34-41(3,4)5)48-40(42)33-31-29-27-25-23-21-19-17-15-13-11-9-7-2/h32,35,39H,6-31,33-34,36-38H2,1-5H3/p+1/b35-32+/t39-/m1/s1. The summed E-state index contributed by atoms with van der Waals surface area (Å²) in [5, 5.41) is 0. The number of nitrogens with zero attached hydrogens (tertiary/aromatic N) is 1. The summed E-state index contributed by atoms with van der Waals surface area (Å²) in [6, 6.07) is 0. The second-order valence-corrected chi connectivity index (χ2v) is 16.6. The number of allylic oxidation sites excluding steroid dienone is 1. The molecule has 0 saturated carbocycles. The lowest BCUT2D eigenvalue weighted by atomic mass is 10.0. The molecule has 8 nitrogen and oxygen atoms in total. The van der Waals surface area contributed by atoms with E-state index in [1.54, 1.807) is 6.26 Å². The molecule has 0 aromatic heterocycles. The normalized spacial score (nSPS) is 13.9. The van der Waals surface area contributed by atoms with Gasteiger partial charge in [0.15, 0.2) is 6.10 Å².